The third-order valence-corrected chi connectivity index (χ3v) is 4.21. The van der Waals surface area contributed by atoms with E-state index in [2.05, 4.69) is 0 Å². The molecule has 0 radical (unpaired) electrons. The maximum atomic E-state index is 12.5. The van der Waals surface area contributed by atoms with E-state index in [9.17, 15) is 19.8 Å². The highest BCUT2D eigenvalue weighted by Gasteiger charge is 2.42. The molecule has 2 rings (SSSR count). The molecule has 0 spiro atoms. The standard InChI is InChI=1S/C16H21NO4/c1-10-7-12(13(8-10)16(20)21)15(19)17(2)9-11-5-3-4-6-14(11)18/h3-6,10,12-13,18H,7-9H2,1-2H3,(H,20,21). The van der Waals surface area contributed by atoms with Crippen LogP contribution in [0.15, 0.2) is 24.3 Å². The highest BCUT2D eigenvalue weighted by atomic mass is 16.4. The minimum atomic E-state index is -0.895. The topological polar surface area (TPSA) is 77.8 Å². The first-order chi connectivity index (χ1) is 9.90. The molecule has 2 N–H and O–H groups in total. The molecule has 1 saturated carbocycles. The van der Waals surface area contributed by atoms with Crippen molar-refractivity contribution in [3.8, 4) is 5.75 Å². The van der Waals surface area contributed by atoms with Crippen molar-refractivity contribution >= 4 is 11.9 Å². The SMILES string of the molecule is CC1CC(C(=O)O)C(C(=O)N(C)Cc2ccccc2O)C1. The van der Waals surface area contributed by atoms with Gasteiger partial charge in [-0.2, -0.15) is 0 Å². The Balaban J connectivity index is 2.08. The fourth-order valence-electron chi connectivity index (χ4n) is 3.10. The second kappa shape index (κ2) is 6.16. The smallest absolute Gasteiger partial charge is 0.307 e. The summed E-state index contributed by atoms with van der Waals surface area (Å²) in [5, 5.41) is 19.0. The molecule has 3 unspecified atom stereocenters. The van der Waals surface area contributed by atoms with Crippen molar-refractivity contribution in [1.29, 1.82) is 0 Å². The van der Waals surface area contributed by atoms with Gasteiger partial charge in [0.2, 0.25) is 5.91 Å². The summed E-state index contributed by atoms with van der Waals surface area (Å²) in [4.78, 5) is 25.3. The Morgan fingerprint density at radius 1 is 1.24 bits per heavy atom. The molecule has 0 bridgehead atoms. The van der Waals surface area contributed by atoms with Crippen molar-refractivity contribution in [1.82, 2.24) is 4.90 Å². The molecule has 3 atom stereocenters. The first-order valence-corrected chi connectivity index (χ1v) is 7.14. The number of carboxylic acids is 1. The number of para-hydroxylation sites is 1. The molecule has 1 amide bonds. The van der Waals surface area contributed by atoms with E-state index in [1.54, 1.807) is 31.3 Å². The average Bonchev–Trinajstić information content (AvgIpc) is 2.82. The van der Waals surface area contributed by atoms with Gasteiger partial charge in [-0.1, -0.05) is 25.1 Å². The molecule has 1 aromatic rings. The summed E-state index contributed by atoms with van der Waals surface area (Å²) in [5.41, 5.74) is 0.659. The number of hydrogen-bond donors (Lipinski definition) is 2. The summed E-state index contributed by atoms with van der Waals surface area (Å²) in [6, 6.07) is 6.85. The van der Waals surface area contributed by atoms with E-state index in [1.807, 2.05) is 6.92 Å². The first kappa shape index (κ1) is 15.4. The maximum absolute atomic E-state index is 12.5. The molecule has 1 aromatic carbocycles. The van der Waals surface area contributed by atoms with Crippen LogP contribution in [-0.4, -0.2) is 34.0 Å². The lowest BCUT2D eigenvalue weighted by Crippen LogP contribution is -2.36. The molecule has 5 heteroatoms. The summed E-state index contributed by atoms with van der Waals surface area (Å²) < 4.78 is 0. The number of aromatic hydroxyl groups is 1. The summed E-state index contributed by atoms with van der Waals surface area (Å²) in [5.74, 6) is -1.72. The molecule has 0 aromatic heterocycles. The number of phenolic OH excluding ortho intramolecular Hbond substituents is 1. The number of rotatable bonds is 4. The minimum absolute atomic E-state index is 0.145. The molecule has 0 saturated heterocycles. The molecule has 1 aliphatic carbocycles. The summed E-state index contributed by atoms with van der Waals surface area (Å²) in [6.07, 6.45) is 1.16. The van der Waals surface area contributed by atoms with Gasteiger partial charge < -0.3 is 15.1 Å². The molecule has 0 aliphatic heterocycles. The fraction of sp³-hybridized carbons (Fsp3) is 0.500. The van der Waals surface area contributed by atoms with Crippen LogP contribution in [0.1, 0.15) is 25.3 Å². The number of benzene rings is 1. The quantitative estimate of drug-likeness (QED) is 0.890. The van der Waals surface area contributed by atoms with E-state index in [0.717, 1.165) is 0 Å². The van der Waals surface area contributed by atoms with Crippen LogP contribution in [0, 0.1) is 17.8 Å². The van der Waals surface area contributed by atoms with Gasteiger partial charge in [0.15, 0.2) is 0 Å². The predicted molar refractivity (Wildman–Crippen MR) is 77.6 cm³/mol. The Morgan fingerprint density at radius 2 is 1.86 bits per heavy atom. The number of carbonyl (C=O) groups excluding carboxylic acids is 1. The fourth-order valence-corrected chi connectivity index (χ4v) is 3.10. The lowest BCUT2D eigenvalue weighted by Gasteiger charge is -2.23. The number of aliphatic carboxylic acids is 1. The number of amides is 1. The van der Waals surface area contributed by atoms with Crippen LogP contribution < -0.4 is 0 Å². The Morgan fingerprint density at radius 3 is 2.48 bits per heavy atom. The molecule has 114 valence electrons. The van der Waals surface area contributed by atoms with Crippen LogP contribution in [-0.2, 0) is 16.1 Å². The molecule has 1 fully saturated rings. The summed E-state index contributed by atoms with van der Waals surface area (Å²) >= 11 is 0. The largest absolute Gasteiger partial charge is 0.508 e. The van der Waals surface area contributed by atoms with Crippen molar-refractivity contribution in [3.05, 3.63) is 29.8 Å². The zero-order valence-corrected chi connectivity index (χ0v) is 12.3. The van der Waals surface area contributed by atoms with Crippen molar-refractivity contribution in [2.75, 3.05) is 7.05 Å². The van der Waals surface area contributed by atoms with Gasteiger partial charge in [0.1, 0.15) is 5.75 Å². The van der Waals surface area contributed by atoms with Crippen LogP contribution in [0.2, 0.25) is 0 Å². The van der Waals surface area contributed by atoms with E-state index in [0.29, 0.717) is 18.4 Å². The Bertz CT molecular complexity index is 543. The second-order valence-electron chi connectivity index (χ2n) is 5.95. The van der Waals surface area contributed by atoms with Gasteiger partial charge in [0.25, 0.3) is 0 Å². The lowest BCUT2D eigenvalue weighted by atomic mass is 9.94. The van der Waals surface area contributed by atoms with Crippen LogP contribution in [0.5, 0.6) is 5.75 Å². The second-order valence-corrected chi connectivity index (χ2v) is 5.95. The molecule has 21 heavy (non-hydrogen) atoms. The molecule has 5 nitrogen and oxygen atoms in total. The zero-order valence-electron chi connectivity index (χ0n) is 12.3. The number of hydrogen-bond acceptors (Lipinski definition) is 3. The Labute approximate surface area is 124 Å². The molecule has 0 heterocycles. The van der Waals surface area contributed by atoms with Crippen LogP contribution >= 0.6 is 0 Å². The number of phenols is 1. The lowest BCUT2D eigenvalue weighted by molar-refractivity contribution is -0.148. The molecular formula is C16H21NO4. The highest BCUT2D eigenvalue weighted by Crippen LogP contribution is 2.37. The summed E-state index contributed by atoms with van der Waals surface area (Å²) in [6.45, 7) is 2.26. The van der Waals surface area contributed by atoms with Crippen LogP contribution in [0.25, 0.3) is 0 Å². The van der Waals surface area contributed by atoms with Crippen LogP contribution in [0.4, 0.5) is 0 Å². The van der Waals surface area contributed by atoms with Crippen molar-refractivity contribution in [2.45, 2.75) is 26.3 Å². The monoisotopic (exact) mass is 291 g/mol. The molecule has 1 aliphatic rings. The third kappa shape index (κ3) is 3.35. The predicted octanol–water partition coefficient (Wildman–Crippen LogP) is 2.10. The van der Waals surface area contributed by atoms with E-state index >= 15 is 0 Å². The highest BCUT2D eigenvalue weighted by molar-refractivity contribution is 5.85. The van der Waals surface area contributed by atoms with Crippen LogP contribution in [0.3, 0.4) is 0 Å². The molecular weight excluding hydrogens is 270 g/mol. The maximum Gasteiger partial charge on any atom is 0.307 e. The van der Waals surface area contributed by atoms with Gasteiger partial charge in [-0.15, -0.1) is 0 Å². The first-order valence-electron chi connectivity index (χ1n) is 7.14. The zero-order chi connectivity index (χ0) is 15.6. The van der Waals surface area contributed by atoms with Crippen molar-refractivity contribution < 1.29 is 19.8 Å². The van der Waals surface area contributed by atoms with E-state index in [4.69, 9.17) is 0 Å². The van der Waals surface area contributed by atoms with Gasteiger partial charge in [-0.3, -0.25) is 9.59 Å². The Kier molecular flexibility index (Phi) is 4.50. The van der Waals surface area contributed by atoms with Crippen molar-refractivity contribution in [3.63, 3.8) is 0 Å². The number of carbonyl (C=O) groups is 2. The van der Waals surface area contributed by atoms with Crippen molar-refractivity contribution in [2.24, 2.45) is 17.8 Å². The average molecular weight is 291 g/mol. The van der Waals surface area contributed by atoms with Gasteiger partial charge in [0, 0.05) is 19.2 Å². The van der Waals surface area contributed by atoms with Gasteiger partial charge in [0.05, 0.1) is 11.8 Å². The summed E-state index contributed by atoms with van der Waals surface area (Å²) in [7, 11) is 1.65. The van der Waals surface area contributed by atoms with Gasteiger partial charge in [-0.25, -0.2) is 0 Å². The van der Waals surface area contributed by atoms with Gasteiger partial charge in [-0.05, 0) is 24.8 Å². The minimum Gasteiger partial charge on any atom is -0.508 e. The third-order valence-electron chi connectivity index (χ3n) is 4.21. The van der Waals surface area contributed by atoms with Gasteiger partial charge >= 0.3 is 5.97 Å². The number of nitrogens with zero attached hydrogens (tertiary/aromatic N) is 1. The van der Waals surface area contributed by atoms with E-state index in [1.165, 1.54) is 4.90 Å². The normalized spacial score (nSPS) is 24.8. The Hall–Kier alpha value is -2.04. The number of carboxylic acid groups (broad SMARTS) is 1. The van der Waals surface area contributed by atoms with E-state index < -0.39 is 17.8 Å². The van der Waals surface area contributed by atoms with E-state index in [-0.39, 0.29) is 24.1 Å².